The first kappa shape index (κ1) is 25.1. The van der Waals surface area contributed by atoms with Crippen LogP contribution in [0.2, 0.25) is 0 Å². The molecule has 0 unspecified atom stereocenters. The maximum atomic E-state index is 13.3. The number of nitrogens with one attached hydrogen (secondary N) is 1. The third-order valence-corrected chi connectivity index (χ3v) is 7.73. The fraction of sp³-hybridized carbons (Fsp3) is 0.345. The van der Waals surface area contributed by atoms with E-state index in [1.165, 1.54) is 5.69 Å². The number of rotatable bonds is 7. The van der Waals surface area contributed by atoms with Crippen molar-refractivity contribution in [2.45, 2.75) is 25.5 Å². The second-order valence-electron chi connectivity index (χ2n) is 10.2. The molecule has 1 saturated heterocycles. The number of fused-ring (bicyclic) bond motifs is 2. The third kappa shape index (κ3) is 4.45. The van der Waals surface area contributed by atoms with Gasteiger partial charge in [-0.2, -0.15) is 4.98 Å². The molecule has 0 bridgehead atoms. The van der Waals surface area contributed by atoms with Crippen molar-refractivity contribution >= 4 is 28.4 Å². The zero-order valence-electron chi connectivity index (χ0n) is 22.3. The molecule has 2 N–H and O–H groups in total. The predicted octanol–water partition coefficient (Wildman–Crippen LogP) is 3.25. The topological polar surface area (TPSA) is 101 Å². The van der Waals surface area contributed by atoms with Gasteiger partial charge in [-0.1, -0.05) is 13.0 Å². The maximum Gasteiger partial charge on any atom is 0.278 e. The van der Waals surface area contributed by atoms with E-state index >= 15 is 0 Å². The molecule has 0 saturated carbocycles. The largest absolute Gasteiger partial charge is 0.490 e. The minimum Gasteiger partial charge on any atom is -0.490 e. The van der Waals surface area contributed by atoms with Crippen molar-refractivity contribution < 1.29 is 9.84 Å². The summed E-state index contributed by atoms with van der Waals surface area (Å²) in [5.74, 6) is 1.03. The molecule has 0 aliphatic carbocycles. The van der Waals surface area contributed by atoms with Crippen molar-refractivity contribution in [1.29, 1.82) is 0 Å². The number of allylic oxidation sites excluding steroid dienone is 1. The monoisotopic (exact) mass is 527 g/mol. The lowest BCUT2D eigenvalue weighted by Gasteiger charge is -2.34. The number of hydrogen-bond donors (Lipinski definition) is 2. The van der Waals surface area contributed by atoms with Crippen LogP contribution in [0.1, 0.15) is 18.9 Å². The van der Waals surface area contributed by atoms with E-state index in [0.717, 1.165) is 31.9 Å². The molecular formula is C29H33N7O3. The van der Waals surface area contributed by atoms with Gasteiger partial charge in [0.25, 0.3) is 5.56 Å². The Kier molecular flexibility index (Phi) is 6.36. The lowest BCUT2D eigenvalue weighted by atomic mass is 9.93. The number of hydrogen-bond acceptors (Lipinski definition) is 8. The van der Waals surface area contributed by atoms with Crippen LogP contribution in [0.5, 0.6) is 5.75 Å². The normalized spacial score (nSPS) is 19.2. The van der Waals surface area contributed by atoms with Crippen LogP contribution < -0.4 is 20.5 Å². The summed E-state index contributed by atoms with van der Waals surface area (Å²) >= 11 is 0. The van der Waals surface area contributed by atoms with E-state index in [1.807, 2.05) is 37.3 Å². The Morgan fingerprint density at radius 2 is 1.87 bits per heavy atom. The summed E-state index contributed by atoms with van der Waals surface area (Å²) in [6.07, 6.45) is 3.74. The van der Waals surface area contributed by atoms with Gasteiger partial charge in [0.15, 0.2) is 5.65 Å². The second-order valence-corrected chi connectivity index (χ2v) is 10.2. The average Bonchev–Trinajstić information content (AvgIpc) is 3.43. The number of aliphatic hydroxyl groups is 1. The van der Waals surface area contributed by atoms with Gasteiger partial charge in [-0.3, -0.25) is 4.79 Å². The van der Waals surface area contributed by atoms with Gasteiger partial charge in [0.1, 0.15) is 23.3 Å². The summed E-state index contributed by atoms with van der Waals surface area (Å²) in [5.41, 5.74) is 2.62. The maximum absolute atomic E-state index is 13.3. The molecular weight excluding hydrogens is 494 g/mol. The van der Waals surface area contributed by atoms with Crippen LogP contribution in [0.3, 0.4) is 0 Å². The summed E-state index contributed by atoms with van der Waals surface area (Å²) < 4.78 is 9.05. The first-order valence-corrected chi connectivity index (χ1v) is 13.3. The molecule has 0 amide bonds. The molecule has 10 nitrogen and oxygen atoms in total. The molecule has 1 atom stereocenters. The highest BCUT2D eigenvalue weighted by molar-refractivity contribution is 5.77. The van der Waals surface area contributed by atoms with Crippen molar-refractivity contribution in [2.24, 2.45) is 0 Å². The molecule has 202 valence electrons. The van der Waals surface area contributed by atoms with Crippen molar-refractivity contribution in [1.82, 2.24) is 24.2 Å². The number of anilines is 3. The van der Waals surface area contributed by atoms with Crippen molar-refractivity contribution in [3.05, 3.63) is 77.2 Å². The summed E-state index contributed by atoms with van der Waals surface area (Å²) in [4.78, 5) is 27.2. The number of piperazine rings is 1. The molecule has 39 heavy (non-hydrogen) atoms. The smallest absolute Gasteiger partial charge is 0.278 e. The third-order valence-electron chi connectivity index (χ3n) is 7.73. The minimum atomic E-state index is -1.07. The van der Waals surface area contributed by atoms with Gasteiger partial charge < -0.3 is 25.0 Å². The Morgan fingerprint density at radius 3 is 2.59 bits per heavy atom. The Bertz CT molecular complexity index is 1590. The van der Waals surface area contributed by atoms with Gasteiger partial charge in [-0.25, -0.2) is 14.3 Å². The van der Waals surface area contributed by atoms with Crippen LogP contribution in [-0.4, -0.2) is 69.2 Å². The van der Waals surface area contributed by atoms with E-state index in [9.17, 15) is 9.90 Å². The van der Waals surface area contributed by atoms with E-state index in [0.29, 0.717) is 40.4 Å². The molecule has 4 aromatic rings. The van der Waals surface area contributed by atoms with E-state index < -0.39 is 5.60 Å². The molecule has 0 radical (unpaired) electrons. The minimum absolute atomic E-state index is 0.206. The summed E-state index contributed by atoms with van der Waals surface area (Å²) in [6.45, 7) is 10.4. The van der Waals surface area contributed by atoms with Crippen molar-refractivity contribution in [3.8, 4) is 11.4 Å². The fourth-order valence-corrected chi connectivity index (χ4v) is 5.29. The molecule has 4 heterocycles. The first-order valence-electron chi connectivity index (χ1n) is 13.3. The highest BCUT2D eigenvalue weighted by Gasteiger charge is 2.37. The van der Waals surface area contributed by atoms with Crippen LogP contribution >= 0.6 is 0 Å². The number of benzene rings is 2. The lowest BCUT2D eigenvalue weighted by Crippen LogP contribution is -2.44. The quantitative estimate of drug-likeness (QED) is 0.354. The van der Waals surface area contributed by atoms with Gasteiger partial charge >= 0.3 is 0 Å². The SMILES string of the molecule is C=CCn1c(=O)c2cnc(Nc3ccc(N4CCN(C)CC4)cc3)nc2n1-c1ccc2c(c1)[C@](O)(CC)CO2. The Hall–Kier alpha value is -4.15. The Labute approximate surface area is 226 Å². The molecule has 1 fully saturated rings. The highest BCUT2D eigenvalue weighted by Crippen LogP contribution is 2.40. The highest BCUT2D eigenvalue weighted by atomic mass is 16.5. The van der Waals surface area contributed by atoms with Gasteiger partial charge in [0.05, 0.1) is 12.2 Å². The van der Waals surface area contributed by atoms with Gasteiger partial charge in [-0.05, 0) is 55.9 Å². The molecule has 2 aromatic carbocycles. The summed E-state index contributed by atoms with van der Waals surface area (Å²) in [5, 5.41) is 14.8. The van der Waals surface area contributed by atoms with E-state index in [1.54, 1.807) is 21.6 Å². The molecule has 2 aliphatic rings. The van der Waals surface area contributed by atoms with E-state index in [-0.39, 0.29) is 18.7 Å². The Balaban J connectivity index is 1.36. The molecule has 10 heteroatoms. The average molecular weight is 528 g/mol. The molecule has 2 aliphatic heterocycles. The van der Waals surface area contributed by atoms with Crippen LogP contribution in [0, 0.1) is 0 Å². The number of aromatic nitrogens is 4. The Morgan fingerprint density at radius 1 is 1.13 bits per heavy atom. The second kappa shape index (κ2) is 9.87. The van der Waals surface area contributed by atoms with Crippen LogP contribution in [0.4, 0.5) is 17.3 Å². The van der Waals surface area contributed by atoms with Crippen LogP contribution in [0.25, 0.3) is 16.7 Å². The van der Waals surface area contributed by atoms with E-state index in [2.05, 4.69) is 45.9 Å². The zero-order chi connectivity index (χ0) is 27.1. The molecule has 0 spiro atoms. The summed E-state index contributed by atoms with van der Waals surface area (Å²) in [7, 11) is 2.15. The molecule has 2 aromatic heterocycles. The molecule has 6 rings (SSSR count). The number of likely N-dealkylation sites (N-methyl/N-ethyl adjacent to an activating group) is 1. The van der Waals surface area contributed by atoms with Crippen LogP contribution in [0.15, 0.2) is 66.1 Å². The van der Waals surface area contributed by atoms with E-state index in [4.69, 9.17) is 9.72 Å². The standard InChI is InChI=1S/C29H33N7O3/c1-4-12-35-27(37)23-18-30-28(31-20-6-8-21(9-7-20)34-15-13-33(3)14-16-34)32-26(23)36(35)22-10-11-25-24(17-22)29(38,5-2)19-39-25/h4,6-11,17-18,38H,1,5,12-16,19H2,2-3H3,(H,30,31,32)/t29-/m0/s1. The predicted molar refractivity (Wildman–Crippen MR) is 152 cm³/mol. The lowest BCUT2D eigenvalue weighted by molar-refractivity contribution is 0.0129. The van der Waals surface area contributed by atoms with Crippen LogP contribution in [-0.2, 0) is 12.1 Å². The zero-order valence-corrected chi connectivity index (χ0v) is 22.3. The van der Waals surface area contributed by atoms with Gasteiger partial charge in [0.2, 0.25) is 5.95 Å². The summed E-state index contributed by atoms with van der Waals surface area (Å²) in [6, 6.07) is 13.8. The first-order chi connectivity index (χ1) is 18.9. The van der Waals surface area contributed by atoms with Gasteiger partial charge in [-0.15, -0.1) is 6.58 Å². The number of nitrogens with zero attached hydrogens (tertiary/aromatic N) is 6. The van der Waals surface area contributed by atoms with Crippen molar-refractivity contribution in [2.75, 3.05) is 50.1 Å². The number of ether oxygens (including phenoxy) is 1. The fourth-order valence-electron chi connectivity index (χ4n) is 5.29. The van der Waals surface area contributed by atoms with Gasteiger partial charge in [0, 0.05) is 49.3 Å². The van der Waals surface area contributed by atoms with Crippen molar-refractivity contribution in [3.63, 3.8) is 0 Å².